The number of amides is 4. The number of rotatable bonds is 37. The zero-order valence-electron chi connectivity index (χ0n) is 69.4. The fraction of sp³-hybridized carbons (Fsp3) is 0.500. The van der Waals surface area contributed by atoms with Crippen LogP contribution in [0.1, 0.15) is 134 Å². The minimum absolute atomic E-state index is 0. The number of carbonyl (C=O) groups excluding carboxylic acids is 4. The quantitative estimate of drug-likeness (QED) is 0.0208. The van der Waals surface area contributed by atoms with Crippen molar-refractivity contribution < 1.29 is 77.6 Å². The molecule has 6 aromatic rings. The number of nitrogens with one attached hydrogen (secondary N) is 2. The van der Waals surface area contributed by atoms with Crippen LogP contribution in [-0.4, -0.2) is 196 Å². The van der Waals surface area contributed by atoms with Crippen molar-refractivity contribution in [1.29, 1.82) is 0 Å². The van der Waals surface area contributed by atoms with Crippen molar-refractivity contribution >= 4 is 150 Å². The van der Waals surface area contributed by atoms with E-state index in [1.807, 2.05) is 155 Å². The van der Waals surface area contributed by atoms with Gasteiger partial charge >= 0.3 is 18.3 Å². The second-order valence-electron chi connectivity index (χ2n) is 28.0. The van der Waals surface area contributed by atoms with Gasteiger partial charge in [-0.15, -0.1) is 12.4 Å². The zero-order valence-corrected chi connectivity index (χ0v) is 79.1. The van der Waals surface area contributed by atoms with Crippen LogP contribution in [0.2, 0.25) is 5.02 Å². The molecule has 0 bridgehead atoms. The molecule has 0 aliphatic heterocycles. The van der Waals surface area contributed by atoms with Crippen molar-refractivity contribution in [2.24, 2.45) is 0 Å². The van der Waals surface area contributed by atoms with Crippen LogP contribution in [0.15, 0.2) is 148 Å². The molecule has 0 atom stereocenters. The first-order chi connectivity index (χ1) is 53.0. The number of methoxy groups -OCH3 is 2. The molecule has 34 heteroatoms. The average Bonchev–Trinajstić information content (AvgIpc) is 0.801. The number of carbonyl (C=O) groups is 4. The number of nitrogens with zero attached hydrogens (tertiary/aromatic N) is 3. The highest BCUT2D eigenvalue weighted by Crippen LogP contribution is 2.40. The number of benzene rings is 6. The Balaban J connectivity index is 0.000000780. The number of ether oxygens (including phenoxy) is 7. The summed E-state index contributed by atoms with van der Waals surface area (Å²) in [5.41, 5.74) is 3.64. The summed E-state index contributed by atoms with van der Waals surface area (Å²) in [5.74, 6) is 6.93. The van der Waals surface area contributed by atoms with Gasteiger partial charge in [-0.1, -0.05) is 152 Å². The van der Waals surface area contributed by atoms with Crippen LogP contribution in [-0.2, 0) is 54.0 Å². The fourth-order valence-electron chi connectivity index (χ4n) is 8.23. The molecule has 114 heavy (non-hydrogen) atoms. The molecule has 0 aliphatic carbocycles. The maximum Gasteiger partial charge on any atom is 0.410 e. The molecular formula is C80H119Cl2N5O17S10. The minimum Gasteiger partial charge on any atom is -0.497 e. The van der Waals surface area contributed by atoms with Crippen LogP contribution in [0.5, 0.6) is 23.0 Å². The predicted octanol–water partition coefficient (Wildman–Crippen LogP) is 19.7. The number of hydrogen-bond donors (Lipinski definition) is 2. The highest BCUT2D eigenvalue weighted by Gasteiger charge is 2.26. The van der Waals surface area contributed by atoms with Gasteiger partial charge in [0.25, 0.3) is 5.91 Å². The van der Waals surface area contributed by atoms with E-state index in [1.165, 1.54) is 34.8 Å². The standard InChI is InChI=1S/C33H34ClNO7S2.C15H23NO4S2.C12H25NO2S2.C10H15NO2S2.C10H21NO2S2.ClH/c1-23-5-15-28(16-6-23)44(37,38)43-20-19-35(2)33(36)29-17-18-30(41-21-24-7-11-26(39-3)12-8-24)32(31(29)34)42-22-25-9-13-27(40-4)14-10-25;1-12-6-8-13(9-7-12)22(18,19)21-11-10-16(5)14(17)20-15(2,3)4;1-6-7-9-16-17-10-8-13(5)11(14)15-12(2,3)4;1-9-3-5-10(6-4-9)15(12,13)14-8-7-11-2;1-5-7-14-15-8-6-11-9(12)13-10(2,3)4;/h5-18H,19-22H2,1-4H3;6-9H,10-11H2,1-5H3;6-10H2,1-5H3;3-6,11H,7-8H2,1-2H3;5-8H2,1-4H3,(H,11,12);1H. The lowest BCUT2D eigenvalue weighted by Crippen LogP contribution is -2.35. The van der Waals surface area contributed by atoms with E-state index < -0.39 is 49.5 Å². The van der Waals surface area contributed by atoms with E-state index in [9.17, 15) is 44.4 Å². The molecule has 6 aromatic carbocycles. The summed E-state index contributed by atoms with van der Waals surface area (Å²) in [6.45, 7) is 29.6. The van der Waals surface area contributed by atoms with Gasteiger partial charge in [0, 0.05) is 94.1 Å². The van der Waals surface area contributed by atoms with Crippen molar-refractivity contribution in [2.45, 2.75) is 161 Å². The number of hydrogen-bond acceptors (Lipinski definition) is 25. The van der Waals surface area contributed by atoms with E-state index in [0.717, 1.165) is 95.5 Å². The van der Waals surface area contributed by atoms with Gasteiger partial charge in [-0.2, -0.15) is 0 Å². The molecule has 4 amide bonds. The van der Waals surface area contributed by atoms with Gasteiger partial charge in [-0.05, 0) is 219 Å². The van der Waals surface area contributed by atoms with Gasteiger partial charge in [0.1, 0.15) is 41.5 Å². The topological polar surface area (TPSA) is 269 Å². The molecule has 0 saturated heterocycles. The smallest absolute Gasteiger partial charge is 0.410 e. The van der Waals surface area contributed by atoms with E-state index >= 15 is 0 Å². The predicted molar refractivity (Wildman–Crippen MR) is 484 cm³/mol. The lowest BCUT2D eigenvalue weighted by molar-refractivity contribution is 0.0299. The third kappa shape index (κ3) is 46.1. The van der Waals surface area contributed by atoms with E-state index in [-0.39, 0.29) is 87.9 Å². The molecule has 640 valence electrons. The molecule has 0 saturated carbocycles. The zero-order chi connectivity index (χ0) is 85.0. The Bertz CT molecular complexity index is 4120. The maximum absolute atomic E-state index is 13.4. The first-order valence-electron chi connectivity index (χ1n) is 36.5. The third-order valence-electron chi connectivity index (χ3n) is 14.4. The molecule has 22 nitrogen and oxygen atoms in total. The first-order valence-corrected chi connectivity index (χ1v) is 50.8. The van der Waals surface area contributed by atoms with Crippen molar-refractivity contribution in [3.63, 3.8) is 0 Å². The van der Waals surface area contributed by atoms with Crippen LogP contribution in [0, 0.1) is 20.8 Å². The summed E-state index contributed by atoms with van der Waals surface area (Å²) in [7, 11) is 9.77. The first kappa shape index (κ1) is 107. The molecule has 0 spiro atoms. The summed E-state index contributed by atoms with van der Waals surface area (Å²) in [6, 6.07) is 38.4. The van der Waals surface area contributed by atoms with Crippen molar-refractivity contribution in [2.75, 3.05) is 115 Å². The van der Waals surface area contributed by atoms with Gasteiger partial charge in [-0.3, -0.25) is 4.79 Å². The van der Waals surface area contributed by atoms with Gasteiger partial charge in [0.2, 0.25) is 26.6 Å². The Morgan fingerprint density at radius 3 is 1.22 bits per heavy atom. The Hall–Kier alpha value is -5.36. The molecule has 0 radical (unpaired) electrons. The van der Waals surface area contributed by atoms with Crippen LogP contribution < -0.4 is 29.6 Å². The summed E-state index contributed by atoms with van der Waals surface area (Å²) >= 11 is 6.80. The van der Waals surface area contributed by atoms with Crippen LogP contribution >= 0.6 is 99.6 Å². The molecule has 2 N–H and O–H groups in total. The van der Waals surface area contributed by atoms with Crippen LogP contribution in [0.4, 0.5) is 14.4 Å². The van der Waals surface area contributed by atoms with Gasteiger partial charge in [-0.25, -0.2) is 39.6 Å². The molecule has 0 heterocycles. The van der Waals surface area contributed by atoms with E-state index in [0.29, 0.717) is 36.0 Å². The third-order valence-corrected chi connectivity index (χ3v) is 30.4. The lowest BCUT2D eigenvalue weighted by atomic mass is 10.1. The number of aryl methyl sites for hydroxylation is 3. The Morgan fingerprint density at radius 1 is 0.447 bits per heavy atom. The second kappa shape index (κ2) is 55.4. The van der Waals surface area contributed by atoms with Crippen molar-refractivity contribution in [3.8, 4) is 23.0 Å². The Morgan fingerprint density at radius 2 is 0.825 bits per heavy atom. The van der Waals surface area contributed by atoms with Crippen LogP contribution in [0.3, 0.4) is 0 Å². The van der Waals surface area contributed by atoms with E-state index in [4.69, 9.17) is 44.8 Å². The lowest BCUT2D eigenvalue weighted by Gasteiger charge is -2.24. The Labute approximate surface area is 718 Å². The normalized spacial score (nSPS) is 11.3. The maximum atomic E-state index is 13.4. The minimum atomic E-state index is -3.55. The summed E-state index contributed by atoms with van der Waals surface area (Å²) < 4.78 is 111. The average molecular weight is 1810 g/mol. The highest BCUT2D eigenvalue weighted by molar-refractivity contribution is 8.77. The number of halogens is 2. The number of unbranched alkanes of at least 4 members (excludes halogenated alkanes) is 1. The second-order valence-corrected chi connectivity index (χ2v) is 45.9. The van der Waals surface area contributed by atoms with Crippen molar-refractivity contribution in [3.05, 3.63) is 172 Å². The molecule has 0 aromatic heterocycles. The van der Waals surface area contributed by atoms with E-state index in [1.54, 1.807) is 152 Å². The SMILES string of the molecule is CCCCSSCCN(C)C(=O)OC(C)(C)C.CCCSSCCNC(=O)OC(C)(C)C.CNCCSS(=O)(=O)c1ccc(C)cc1.COc1ccc(COc2ccc(C(=O)N(C)CCSS(=O)(=O)c3ccc(C)cc3)c(Cl)c2OCc2ccc(OC)cc2)cc1.Cc1ccc(S(=O)(=O)SCCN(C)C(=O)OC(C)(C)C)cc1.Cl. The molecule has 6 rings (SSSR count). The molecule has 0 aliphatic rings. The fourth-order valence-corrected chi connectivity index (χ4v) is 21.2. The summed E-state index contributed by atoms with van der Waals surface area (Å²) in [4.78, 5) is 53.4. The summed E-state index contributed by atoms with van der Waals surface area (Å²) in [6.07, 6.45) is 2.67. The summed E-state index contributed by atoms with van der Waals surface area (Å²) in [5, 5.41) is 5.74. The van der Waals surface area contributed by atoms with Crippen molar-refractivity contribution in [1.82, 2.24) is 25.3 Å². The van der Waals surface area contributed by atoms with Gasteiger partial charge < -0.3 is 58.5 Å². The van der Waals surface area contributed by atoms with E-state index in [2.05, 4.69) is 24.5 Å². The number of alkyl carbamates (subject to hydrolysis) is 1. The molecule has 0 unspecified atom stereocenters. The van der Waals surface area contributed by atoms with Crippen LogP contribution in [0.25, 0.3) is 0 Å². The molecular weight excluding hydrogens is 1690 g/mol. The van der Waals surface area contributed by atoms with Gasteiger partial charge in [0.05, 0.1) is 39.5 Å². The highest BCUT2D eigenvalue weighted by atomic mass is 35.5. The largest absolute Gasteiger partial charge is 0.497 e. The monoisotopic (exact) mass is 1810 g/mol. The Kier molecular flexibility index (Phi) is 51.8. The molecule has 0 fully saturated rings. The van der Waals surface area contributed by atoms with Gasteiger partial charge in [0.15, 0.2) is 11.5 Å².